The summed E-state index contributed by atoms with van der Waals surface area (Å²) in [5, 5.41) is 25.4. The van der Waals surface area contributed by atoms with Gasteiger partial charge < -0.3 is 10.2 Å². The molecule has 32 heavy (non-hydrogen) atoms. The normalized spacial score (nSPS) is 10.8. The van der Waals surface area contributed by atoms with Crippen LogP contribution in [0.4, 0.5) is 0 Å². The predicted octanol–water partition coefficient (Wildman–Crippen LogP) is 7.79. The van der Waals surface area contributed by atoms with Gasteiger partial charge in [-0.2, -0.15) is 0 Å². The molecule has 0 fully saturated rings. The zero-order chi connectivity index (χ0) is 22.3. The van der Waals surface area contributed by atoms with E-state index < -0.39 is 0 Å². The number of benzene rings is 2. The number of hydrogen-bond donors (Lipinski definition) is 0. The van der Waals surface area contributed by atoms with Crippen molar-refractivity contribution in [2.75, 3.05) is 0 Å². The fraction of sp³-hybridized carbons (Fsp3) is 0.571. The maximum Gasteiger partial charge on any atom is 2.00 e. The molecule has 180 valence electrons. The van der Waals surface area contributed by atoms with Crippen LogP contribution in [-0.2, 0) is 29.3 Å². The molecule has 0 spiro atoms. The quantitative estimate of drug-likeness (QED) is 0.175. The third-order valence-electron chi connectivity index (χ3n) is 5.92. The van der Waals surface area contributed by atoms with Gasteiger partial charge in [-0.1, -0.05) is 138 Å². The molecule has 0 aromatic heterocycles. The average Bonchev–Trinajstić information content (AvgIpc) is 2.76. The molecule has 0 saturated heterocycles. The van der Waals surface area contributed by atoms with Crippen molar-refractivity contribution < 1.29 is 26.7 Å². The second-order valence-electron chi connectivity index (χ2n) is 8.63. The van der Waals surface area contributed by atoms with E-state index in [0.29, 0.717) is 0 Å². The molecular formula is C28H40NiO2S. The first-order chi connectivity index (χ1) is 15.2. The Morgan fingerprint density at radius 3 is 1.34 bits per heavy atom. The van der Waals surface area contributed by atoms with E-state index in [1.54, 1.807) is 12.1 Å². The molecule has 0 unspecified atom stereocenters. The molecule has 0 saturated carbocycles. The number of rotatable bonds is 16. The summed E-state index contributed by atoms with van der Waals surface area (Å²) in [6, 6.07) is 11.1. The second-order valence-corrected chi connectivity index (χ2v) is 9.65. The van der Waals surface area contributed by atoms with Gasteiger partial charge in [0, 0.05) is 9.79 Å². The summed E-state index contributed by atoms with van der Waals surface area (Å²) in [7, 11) is 0. The van der Waals surface area contributed by atoms with Crippen molar-refractivity contribution in [3.63, 3.8) is 0 Å². The number of unbranched alkanes of at least 4 members (excludes halogenated alkanes) is 10. The fourth-order valence-electron chi connectivity index (χ4n) is 4.04. The van der Waals surface area contributed by atoms with Crippen LogP contribution >= 0.6 is 11.8 Å². The summed E-state index contributed by atoms with van der Waals surface area (Å²) in [5.74, 6) is 0.0875. The molecule has 2 aromatic carbocycles. The van der Waals surface area contributed by atoms with Crippen LogP contribution in [0.1, 0.15) is 102 Å². The van der Waals surface area contributed by atoms with Crippen LogP contribution in [0.5, 0.6) is 11.5 Å². The minimum atomic E-state index is 0. The molecule has 0 bridgehead atoms. The van der Waals surface area contributed by atoms with Crippen molar-refractivity contribution in [2.45, 2.75) is 114 Å². The van der Waals surface area contributed by atoms with Gasteiger partial charge in [0.05, 0.1) is 0 Å². The Labute approximate surface area is 210 Å². The standard InChI is InChI=1S/C28H42O2S.Ni/c1-3-5-7-9-11-13-17-23-19-15-21-25(29)27(23)31-28-24(20-16-22-26(28)30)18-14-12-10-8-6-4-2;/h15-16,19-22,29-30H,3-14,17-18H2,1-2H3;/q;+2/p-2. The van der Waals surface area contributed by atoms with Gasteiger partial charge in [-0.3, -0.25) is 0 Å². The predicted molar refractivity (Wildman–Crippen MR) is 130 cm³/mol. The zero-order valence-corrected chi connectivity index (χ0v) is 21.7. The molecule has 2 rings (SSSR count). The topological polar surface area (TPSA) is 46.1 Å². The summed E-state index contributed by atoms with van der Waals surface area (Å²) >= 11 is 1.41. The Morgan fingerprint density at radius 2 is 0.938 bits per heavy atom. The minimum absolute atomic E-state index is 0. The van der Waals surface area contributed by atoms with Crippen molar-refractivity contribution in [1.82, 2.24) is 0 Å². The Hall–Kier alpha value is -1.12. The van der Waals surface area contributed by atoms with Gasteiger partial charge in [-0.25, -0.2) is 0 Å². The van der Waals surface area contributed by atoms with Crippen molar-refractivity contribution in [1.29, 1.82) is 0 Å². The van der Waals surface area contributed by atoms with E-state index in [4.69, 9.17) is 0 Å². The first-order valence-corrected chi connectivity index (χ1v) is 13.2. The molecule has 0 aliphatic rings. The molecule has 2 nitrogen and oxygen atoms in total. The van der Waals surface area contributed by atoms with E-state index >= 15 is 0 Å². The van der Waals surface area contributed by atoms with Crippen molar-refractivity contribution >= 4 is 11.8 Å². The molecule has 4 heteroatoms. The summed E-state index contributed by atoms with van der Waals surface area (Å²) in [4.78, 5) is 1.51. The molecule has 0 radical (unpaired) electrons. The van der Waals surface area contributed by atoms with Crippen LogP contribution < -0.4 is 10.2 Å². The largest absolute Gasteiger partial charge is 2.00 e. The van der Waals surface area contributed by atoms with E-state index in [-0.39, 0.29) is 28.0 Å². The monoisotopic (exact) mass is 498 g/mol. The van der Waals surface area contributed by atoms with Gasteiger partial charge in [0.2, 0.25) is 0 Å². The third-order valence-corrected chi connectivity index (χ3v) is 7.26. The average molecular weight is 499 g/mol. The van der Waals surface area contributed by atoms with E-state index in [1.165, 1.54) is 76.0 Å². The van der Waals surface area contributed by atoms with Gasteiger partial charge in [0.25, 0.3) is 0 Å². The van der Waals surface area contributed by atoms with Crippen LogP contribution in [0, 0.1) is 0 Å². The molecule has 0 aliphatic carbocycles. The smallest absolute Gasteiger partial charge is 0.872 e. The summed E-state index contributed by atoms with van der Waals surface area (Å²) in [6.45, 7) is 4.47. The first-order valence-electron chi connectivity index (χ1n) is 12.4. The van der Waals surface area contributed by atoms with Crippen LogP contribution in [0.15, 0.2) is 46.2 Å². The van der Waals surface area contributed by atoms with Gasteiger partial charge >= 0.3 is 16.5 Å². The van der Waals surface area contributed by atoms with Crippen molar-refractivity contribution in [2.24, 2.45) is 0 Å². The summed E-state index contributed by atoms with van der Waals surface area (Å²) in [5.41, 5.74) is 2.20. The molecule has 0 N–H and O–H groups in total. The van der Waals surface area contributed by atoms with E-state index in [0.717, 1.165) is 46.6 Å². The number of aryl methyl sites for hydroxylation is 2. The maximum atomic E-state index is 12.7. The van der Waals surface area contributed by atoms with Gasteiger partial charge in [-0.15, -0.1) is 0 Å². The third kappa shape index (κ3) is 10.2. The first kappa shape index (κ1) is 28.9. The molecule has 0 heterocycles. The van der Waals surface area contributed by atoms with Crippen molar-refractivity contribution in [3.05, 3.63) is 47.5 Å². The van der Waals surface area contributed by atoms with E-state index in [1.807, 2.05) is 12.1 Å². The van der Waals surface area contributed by atoms with Gasteiger partial charge in [0.1, 0.15) is 0 Å². The van der Waals surface area contributed by atoms with Crippen molar-refractivity contribution in [3.8, 4) is 11.5 Å². The SMILES string of the molecule is CCCCCCCCc1cccc([O-])c1Sc1c([O-])cccc1CCCCCCCC.[Ni+2]. The zero-order valence-electron chi connectivity index (χ0n) is 19.9. The Bertz CT molecular complexity index is 700. The fourth-order valence-corrected chi connectivity index (χ4v) is 5.19. The van der Waals surface area contributed by atoms with Gasteiger partial charge in [0.15, 0.2) is 0 Å². The van der Waals surface area contributed by atoms with Gasteiger partial charge in [-0.05, 0) is 36.8 Å². The van der Waals surface area contributed by atoms with E-state index in [2.05, 4.69) is 26.0 Å². The summed E-state index contributed by atoms with van der Waals surface area (Å²) < 4.78 is 0. The molecule has 0 atom stereocenters. The maximum absolute atomic E-state index is 12.7. The number of hydrogen-bond acceptors (Lipinski definition) is 3. The molecule has 0 aliphatic heterocycles. The van der Waals surface area contributed by atoms with Crippen LogP contribution in [0.3, 0.4) is 0 Å². The molecular weight excluding hydrogens is 459 g/mol. The summed E-state index contributed by atoms with van der Waals surface area (Å²) in [6.07, 6.45) is 16.7. The van der Waals surface area contributed by atoms with Crippen LogP contribution in [0.2, 0.25) is 0 Å². The molecule has 0 amide bonds. The minimum Gasteiger partial charge on any atom is -0.872 e. The Morgan fingerprint density at radius 1 is 0.562 bits per heavy atom. The van der Waals surface area contributed by atoms with Crippen LogP contribution in [0.25, 0.3) is 0 Å². The molecule has 2 aromatic rings. The van der Waals surface area contributed by atoms with E-state index in [9.17, 15) is 10.2 Å². The Balaban J connectivity index is 0.00000512. The van der Waals surface area contributed by atoms with Crippen LogP contribution in [-0.4, -0.2) is 0 Å². The Kier molecular flexibility index (Phi) is 15.7. The second kappa shape index (κ2) is 17.4.